The van der Waals surface area contributed by atoms with Crippen molar-refractivity contribution in [2.24, 2.45) is 0 Å². The van der Waals surface area contributed by atoms with Crippen molar-refractivity contribution in [1.82, 2.24) is 19.9 Å². The number of nitrogens with zero attached hydrogens (tertiary/aromatic N) is 5. The zero-order valence-electron chi connectivity index (χ0n) is 15.9. The van der Waals surface area contributed by atoms with Crippen LogP contribution in [0.15, 0.2) is 12.1 Å². The maximum Gasteiger partial charge on any atom is 0.227 e. The molecule has 2 aromatic heterocycles. The Bertz CT molecular complexity index is 783. The van der Waals surface area contributed by atoms with Crippen LogP contribution >= 0.6 is 0 Å². The van der Waals surface area contributed by atoms with Gasteiger partial charge in [0.15, 0.2) is 0 Å². The van der Waals surface area contributed by atoms with E-state index in [9.17, 15) is 5.11 Å². The summed E-state index contributed by atoms with van der Waals surface area (Å²) in [7, 11) is 0. The molecule has 0 unspecified atom stereocenters. The number of aliphatic hydroxyl groups is 1. The third-order valence-corrected chi connectivity index (χ3v) is 4.91. The van der Waals surface area contributed by atoms with Crippen molar-refractivity contribution in [2.75, 3.05) is 43.1 Å². The van der Waals surface area contributed by atoms with Crippen LogP contribution in [0, 0.1) is 13.8 Å². The summed E-state index contributed by atoms with van der Waals surface area (Å²) in [5.74, 6) is 2.62. The summed E-state index contributed by atoms with van der Waals surface area (Å²) in [4.78, 5) is 20.3. The second-order valence-electron chi connectivity index (χ2n) is 7.34. The molecule has 0 aliphatic carbocycles. The molecule has 2 aromatic rings. The number of aliphatic hydroxyl groups excluding tert-OH is 1. The fourth-order valence-corrected chi connectivity index (χ4v) is 3.49. The van der Waals surface area contributed by atoms with Crippen LogP contribution in [0.4, 0.5) is 11.8 Å². The van der Waals surface area contributed by atoms with Gasteiger partial charge in [-0.1, -0.05) is 0 Å². The van der Waals surface area contributed by atoms with Crippen molar-refractivity contribution in [3.05, 3.63) is 35.0 Å². The van der Waals surface area contributed by atoms with Crippen LogP contribution in [0.2, 0.25) is 0 Å². The number of aryl methyl sites for hydroxylation is 2. The van der Waals surface area contributed by atoms with Crippen LogP contribution in [-0.2, 0) is 11.2 Å². The van der Waals surface area contributed by atoms with E-state index in [4.69, 9.17) is 9.72 Å². The van der Waals surface area contributed by atoms with E-state index in [-0.39, 0.29) is 6.10 Å². The van der Waals surface area contributed by atoms with Gasteiger partial charge in [0.25, 0.3) is 0 Å². The molecule has 0 spiro atoms. The molecule has 2 aliphatic rings. The van der Waals surface area contributed by atoms with Gasteiger partial charge >= 0.3 is 0 Å². The van der Waals surface area contributed by atoms with Crippen LogP contribution in [0.1, 0.15) is 35.2 Å². The van der Waals surface area contributed by atoms with Gasteiger partial charge in [-0.2, -0.15) is 4.98 Å². The van der Waals surface area contributed by atoms with E-state index in [1.807, 2.05) is 30.9 Å². The molecule has 8 heteroatoms. The Kier molecular flexibility index (Phi) is 5.18. The number of hydrogen-bond acceptors (Lipinski definition) is 8. The quantitative estimate of drug-likeness (QED) is 0.784. The van der Waals surface area contributed by atoms with Crippen molar-refractivity contribution in [3.63, 3.8) is 0 Å². The third kappa shape index (κ3) is 4.33. The van der Waals surface area contributed by atoms with Crippen LogP contribution in [-0.4, -0.2) is 64.0 Å². The monoisotopic (exact) mass is 370 g/mol. The minimum atomic E-state index is -0.287. The van der Waals surface area contributed by atoms with Crippen LogP contribution in [0.5, 0.6) is 0 Å². The molecule has 0 amide bonds. The standard InChI is InChI=1S/C19H26N6O2/c1-12-7-13(2)22-17(21-12)3-5-20-18-8-16(14-4-6-27-11-14)23-19(24-18)25-9-15(26)10-25/h7-8,14-15,26H,3-6,9-11H2,1-2H3,(H,20,23,24)/t14-/m1/s1. The second-order valence-corrected chi connectivity index (χ2v) is 7.34. The van der Waals surface area contributed by atoms with E-state index in [1.165, 1.54) is 0 Å². The molecule has 0 saturated carbocycles. The molecule has 8 nitrogen and oxygen atoms in total. The number of hydrogen-bond donors (Lipinski definition) is 2. The van der Waals surface area contributed by atoms with Gasteiger partial charge in [-0.05, 0) is 26.3 Å². The van der Waals surface area contributed by atoms with Crippen LogP contribution < -0.4 is 10.2 Å². The van der Waals surface area contributed by atoms with E-state index in [2.05, 4.69) is 20.3 Å². The van der Waals surface area contributed by atoms with Gasteiger partial charge in [0.1, 0.15) is 11.6 Å². The number of ether oxygens (including phenoxy) is 1. The summed E-state index contributed by atoms with van der Waals surface area (Å²) < 4.78 is 5.52. The molecule has 2 N–H and O–H groups in total. The first kappa shape index (κ1) is 18.1. The topological polar surface area (TPSA) is 96.3 Å². The summed E-state index contributed by atoms with van der Waals surface area (Å²) >= 11 is 0. The van der Waals surface area contributed by atoms with E-state index < -0.39 is 0 Å². The maximum atomic E-state index is 9.60. The smallest absolute Gasteiger partial charge is 0.227 e. The molecule has 4 rings (SSSR count). The summed E-state index contributed by atoms with van der Waals surface area (Å²) in [6.45, 7) is 7.32. The van der Waals surface area contributed by atoms with Gasteiger partial charge in [0, 0.05) is 56.0 Å². The maximum absolute atomic E-state index is 9.60. The molecule has 0 bridgehead atoms. The Labute approximate surface area is 159 Å². The summed E-state index contributed by atoms with van der Waals surface area (Å²) in [5.41, 5.74) is 2.98. The highest BCUT2D eigenvalue weighted by molar-refractivity contribution is 5.46. The predicted molar refractivity (Wildman–Crippen MR) is 102 cm³/mol. The normalized spacial score (nSPS) is 20.0. The molecule has 2 fully saturated rings. The third-order valence-electron chi connectivity index (χ3n) is 4.91. The van der Waals surface area contributed by atoms with E-state index in [1.54, 1.807) is 0 Å². The molecule has 1 atom stereocenters. The average Bonchev–Trinajstić information content (AvgIpc) is 3.12. The van der Waals surface area contributed by atoms with Gasteiger partial charge < -0.3 is 20.1 Å². The Morgan fingerprint density at radius 3 is 2.59 bits per heavy atom. The first-order chi connectivity index (χ1) is 13.1. The lowest BCUT2D eigenvalue weighted by atomic mass is 10.0. The Morgan fingerprint density at radius 1 is 1.15 bits per heavy atom. The summed E-state index contributed by atoms with van der Waals surface area (Å²) in [6, 6.07) is 3.99. The summed E-state index contributed by atoms with van der Waals surface area (Å²) in [5, 5.41) is 13.0. The van der Waals surface area contributed by atoms with Crippen LogP contribution in [0.25, 0.3) is 0 Å². The highest BCUT2D eigenvalue weighted by Crippen LogP contribution is 2.28. The zero-order valence-corrected chi connectivity index (χ0v) is 15.9. The Hall–Kier alpha value is -2.32. The molecular weight excluding hydrogens is 344 g/mol. The lowest BCUT2D eigenvalue weighted by Crippen LogP contribution is -2.51. The van der Waals surface area contributed by atoms with Gasteiger partial charge in [-0.25, -0.2) is 15.0 Å². The molecule has 2 saturated heterocycles. The molecule has 2 aliphatic heterocycles. The second kappa shape index (κ2) is 7.74. The first-order valence-electron chi connectivity index (χ1n) is 9.51. The number of β-amino-alcohol motifs (C(OH)–C–C–N with tert-alkyl or cyclic N) is 1. The molecule has 27 heavy (non-hydrogen) atoms. The minimum absolute atomic E-state index is 0.287. The lowest BCUT2D eigenvalue weighted by molar-refractivity contribution is 0.140. The van der Waals surface area contributed by atoms with Gasteiger partial charge in [0.05, 0.1) is 18.4 Å². The van der Waals surface area contributed by atoms with Crippen LogP contribution in [0.3, 0.4) is 0 Å². The van der Waals surface area contributed by atoms with Gasteiger partial charge in [-0.15, -0.1) is 0 Å². The largest absolute Gasteiger partial charge is 0.389 e. The number of nitrogens with one attached hydrogen (secondary N) is 1. The Balaban J connectivity index is 1.47. The fraction of sp³-hybridized carbons (Fsp3) is 0.579. The van der Waals surface area contributed by atoms with E-state index in [0.29, 0.717) is 38.1 Å². The molecule has 0 aromatic carbocycles. The first-order valence-corrected chi connectivity index (χ1v) is 9.51. The van der Waals surface area contributed by atoms with Gasteiger partial charge in [-0.3, -0.25) is 0 Å². The highest BCUT2D eigenvalue weighted by atomic mass is 16.5. The Morgan fingerprint density at radius 2 is 1.93 bits per heavy atom. The molecule has 144 valence electrons. The number of aromatic nitrogens is 4. The minimum Gasteiger partial charge on any atom is -0.389 e. The van der Waals surface area contributed by atoms with E-state index >= 15 is 0 Å². The van der Waals surface area contributed by atoms with Crippen molar-refractivity contribution in [3.8, 4) is 0 Å². The lowest BCUT2D eigenvalue weighted by Gasteiger charge is -2.36. The SMILES string of the molecule is Cc1cc(C)nc(CCNc2cc([C@@H]3CCOC3)nc(N3CC(O)C3)n2)n1. The van der Waals surface area contributed by atoms with Crippen molar-refractivity contribution in [1.29, 1.82) is 0 Å². The molecular formula is C19H26N6O2. The molecule has 0 radical (unpaired) electrons. The fourth-order valence-electron chi connectivity index (χ4n) is 3.49. The molecule has 4 heterocycles. The van der Waals surface area contributed by atoms with E-state index in [0.717, 1.165) is 48.2 Å². The van der Waals surface area contributed by atoms with Gasteiger partial charge in [0.2, 0.25) is 5.95 Å². The van der Waals surface area contributed by atoms with Crippen molar-refractivity contribution < 1.29 is 9.84 Å². The number of anilines is 2. The average molecular weight is 370 g/mol. The zero-order chi connectivity index (χ0) is 18.8. The predicted octanol–water partition coefficient (Wildman–Crippen LogP) is 1.22. The van der Waals surface area contributed by atoms with Crippen molar-refractivity contribution in [2.45, 2.75) is 38.7 Å². The van der Waals surface area contributed by atoms with Crippen molar-refractivity contribution >= 4 is 11.8 Å². The summed E-state index contributed by atoms with van der Waals surface area (Å²) in [6.07, 6.45) is 1.42. The highest BCUT2D eigenvalue weighted by Gasteiger charge is 2.28. The number of rotatable bonds is 6.